The number of benzene rings is 2. The summed E-state index contributed by atoms with van der Waals surface area (Å²) >= 11 is 0. The van der Waals surface area contributed by atoms with E-state index in [1.807, 2.05) is 60.7 Å². The van der Waals surface area contributed by atoms with Crippen molar-refractivity contribution in [1.29, 1.82) is 0 Å². The Morgan fingerprint density at radius 3 is 1.48 bits per heavy atom. The van der Waals surface area contributed by atoms with Crippen molar-refractivity contribution in [2.24, 2.45) is 105 Å². The fourth-order valence-electron chi connectivity index (χ4n) is 21.6. The van der Waals surface area contributed by atoms with Crippen molar-refractivity contribution >= 4 is 11.9 Å². The maximum Gasteiger partial charge on any atom is 0.338 e. The molecule has 12 rings (SSSR count). The standard InChI is InChI=1S/C43H58O6.C29H50O4/c1-28(2)36(48-39(44)30-12-8-6-9-13-30)19-16-29(3)33-17-18-34-38-35(20-21-42(33,34)5)41(4)22-23-43(46-24-25-47-43)27-32(41)26-37(38)49-40(45)31-14-10-7-11-15-31;1-18(2)24(30)9-6-19(3)21-7-8-22-26-23(10-11-28(21,22)5)27(4)12-13-29(32-14-15-33-29)17-20(27)16-25(26)31/h6-15,28-29,32-38H,16-27H2,1-5H3;18-26,30-31H,6-17H2,1-5H3/t29-,32+,33-,34?,35?,36-,37-,38?,41+,42-;19-,20+,21-,22?,23?,24-,25-,26?,27+,28-/m11/s1. The molecule has 10 aliphatic rings. The van der Waals surface area contributed by atoms with E-state index >= 15 is 0 Å². The van der Waals surface area contributed by atoms with Crippen LogP contribution >= 0.6 is 0 Å². The summed E-state index contributed by atoms with van der Waals surface area (Å²) in [5.41, 5.74) is 2.31. The molecule has 2 N–H and O–H groups in total. The minimum atomic E-state index is -0.453. The lowest BCUT2D eigenvalue weighted by molar-refractivity contribution is -0.243. The maximum atomic E-state index is 13.7. The first-order chi connectivity index (χ1) is 39.1. The van der Waals surface area contributed by atoms with E-state index in [0.29, 0.717) is 106 Å². The summed E-state index contributed by atoms with van der Waals surface area (Å²) in [4.78, 5) is 26.6. The average molecular weight is 1130 g/mol. The number of rotatable bonds is 14. The third-order valence-corrected chi connectivity index (χ3v) is 26.4. The van der Waals surface area contributed by atoms with E-state index in [2.05, 4.69) is 69.2 Å². The van der Waals surface area contributed by atoms with Crippen LogP contribution in [0.1, 0.15) is 218 Å². The van der Waals surface area contributed by atoms with Crippen molar-refractivity contribution in [3.63, 3.8) is 0 Å². The fourth-order valence-corrected chi connectivity index (χ4v) is 21.6. The number of aliphatic hydroxyl groups is 2. The number of fused-ring (bicyclic) bond motifs is 10. The minimum Gasteiger partial charge on any atom is -0.459 e. The summed E-state index contributed by atoms with van der Waals surface area (Å²) in [5.74, 6) is 5.97. The second kappa shape index (κ2) is 24.0. The monoisotopic (exact) mass is 1130 g/mol. The Kier molecular flexibility index (Phi) is 17.8. The Morgan fingerprint density at radius 1 is 0.524 bits per heavy atom. The third kappa shape index (κ3) is 11.3. The van der Waals surface area contributed by atoms with Gasteiger partial charge < -0.3 is 38.6 Å². The Hall–Kier alpha value is -2.86. The van der Waals surface area contributed by atoms with Crippen LogP contribution in [0.2, 0.25) is 0 Å². The highest BCUT2D eigenvalue weighted by Crippen LogP contribution is 2.71. The van der Waals surface area contributed by atoms with Gasteiger partial charge >= 0.3 is 11.9 Å². The van der Waals surface area contributed by atoms with E-state index in [9.17, 15) is 19.8 Å². The first kappa shape index (κ1) is 60.8. The van der Waals surface area contributed by atoms with Gasteiger partial charge in [-0.05, 0) is 226 Å². The summed E-state index contributed by atoms with van der Waals surface area (Å²) in [6.07, 6.45) is 21.4. The molecule has 20 atom stereocenters. The van der Waals surface area contributed by atoms with Crippen LogP contribution in [0.3, 0.4) is 0 Å². The van der Waals surface area contributed by atoms with Crippen LogP contribution in [-0.4, -0.2) is 84.6 Å². The molecule has 0 radical (unpaired) electrons. The van der Waals surface area contributed by atoms with Crippen LogP contribution < -0.4 is 0 Å². The Bertz CT molecular complexity index is 2470. The zero-order valence-corrected chi connectivity index (χ0v) is 52.3. The lowest BCUT2D eigenvalue weighted by atomic mass is 9.43. The first-order valence-corrected chi connectivity index (χ1v) is 33.6. The van der Waals surface area contributed by atoms with E-state index in [0.717, 1.165) is 89.8 Å². The van der Waals surface area contributed by atoms with Crippen LogP contribution in [0.25, 0.3) is 0 Å². The highest BCUT2D eigenvalue weighted by molar-refractivity contribution is 5.90. The maximum absolute atomic E-state index is 13.7. The van der Waals surface area contributed by atoms with Crippen LogP contribution in [-0.2, 0) is 28.4 Å². The molecular formula is C72H108O10. The highest BCUT2D eigenvalue weighted by Gasteiger charge is 2.67. The van der Waals surface area contributed by atoms with Gasteiger partial charge in [-0.25, -0.2) is 9.59 Å². The summed E-state index contributed by atoms with van der Waals surface area (Å²) in [5, 5.41) is 22.0. The molecule has 2 aliphatic heterocycles. The Labute approximate surface area is 494 Å². The molecule has 82 heavy (non-hydrogen) atoms. The summed E-state index contributed by atoms with van der Waals surface area (Å²) in [7, 11) is 0. The lowest BCUT2D eigenvalue weighted by Crippen LogP contribution is -2.60. The van der Waals surface area contributed by atoms with Gasteiger partial charge in [0.25, 0.3) is 0 Å². The van der Waals surface area contributed by atoms with Crippen molar-refractivity contribution in [2.75, 3.05) is 26.4 Å². The smallest absolute Gasteiger partial charge is 0.338 e. The van der Waals surface area contributed by atoms with Gasteiger partial charge in [-0.2, -0.15) is 0 Å². The van der Waals surface area contributed by atoms with Crippen LogP contribution in [0.4, 0.5) is 0 Å². The second-order valence-corrected chi connectivity index (χ2v) is 30.9. The zero-order valence-electron chi connectivity index (χ0n) is 52.3. The van der Waals surface area contributed by atoms with Crippen molar-refractivity contribution in [2.45, 2.75) is 234 Å². The molecule has 10 fully saturated rings. The predicted molar refractivity (Wildman–Crippen MR) is 320 cm³/mol. The summed E-state index contributed by atoms with van der Waals surface area (Å²) in [6.45, 7) is 26.5. The van der Waals surface area contributed by atoms with Gasteiger partial charge in [0.15, 0.2) is 11.6 Å². The summed E-state index contributed by atoms with van der Waals surface area (Å²) < 4.78 is 37.5. The van der Waals surface area contributed by atoms with Crippen molar-refractivity contribution in [1.82, 2.24) is 0 Å². The number of hydrogen-bond acceptors (Lipinski definition) is 10. The molecule has 6 unspecified atom stereocenters. The average Bonchev–Trinajstić information content (AvgIpc) is 1.67. The van der Waals surface area contributed by atoms with Gasteiger partial charge in [0, 0.05) is 31.6 Å². The number of ether oxygens (including phenoxy) is 6. The van der Waals surface area contributed by atoms with E-state index in [1.165, 1.54) is 57.8 Å². The van der Waals surface area contributed by atoms with E-state index in [-0.39, 0.29) is 58.9 Å². The zero-order chi connectivity index (χ0) is 58.0. The highest BCUT2D eigenvalue weighted by atomic mass is 16.7. The Balaban J connectivity index is 0.000000186. The van der Waals surface area contributed by atoms with Gasteiger partial charge in [0.2, 0.25) is 0 Å². The third-order valence-electron chi connectivity index (χ3n) is 26.4. The second-order valence-electron chi connectivity index (χ2n) is 30.9. The van der Waals surface area contributed by atoms with Crippen molar-refractivity contribution in [3.8, 4) is 0 Å². The van der Waals surface area contributed by atoms with Crippen molar-refractivity contribution < 1.29 is 48.2 Å². The molecule has 2 saturated heterocycles. The molecular weight excluding hydrogens is 1020 g/mol. The normalized spacial score (nSPS) is 41.0. The molecule has 456 valence electrons. The molecule has 2 aromatic rings. The topological polar surface area (TPSA) is 130 Å². The van der Waals surface area contributed by atoms with Gasteiger partial charge in [-0.3, -0.25) is 0 Å². The van der Waals surface area contributed by atoms with Gasteiger partial charge in [-0.15, -0.1) is 0 Å². The molecule has 2 heterocycles. The summed E-state index contributed by atoms with van der Waals surface area (Å²) in [6, 6.07) is 18.9. The lowest BCUT2D eigenvalue weighted by Gasteiger charge is -2.63. The quantitative estimate of drug-likeness (QED) is 0.176. The van der Waals surface area contributed by atoms with E-state index in [4.69, 9.17) is 28.4 Å². The fraction of sp³-hybridized carbons (Fsp3) is 0.806. The number of esters is 2. The van der Waals surface area contributed by atoms with Crippen molar-refractivity contribution in [3.05, 3.63) is 71.8 Å². The SMILES string of the molecule is CC(C)[C@@H](CC[C@@H](C)[C@H]1CCC2C3C(CC[C@@]21C)[C@@]1(C)CCC2(C[C@@H]1C[C@H]3OC(=O)c1ccccc1)OCCO2)OC(=O)c1ccccc1.CC(C)[C@H](O)CC[C@@H](C)[C@H]1CCC2C3C(CC[C@@]21C)[C@@]1(C)CCC2(C[C@@H]1C[C@H]3O)OCCO2. The number of aliphatic hydroxyl groups excluding tert-OH is 2. The molecule has 8 aliphatic carbocycles. The number of carbonyl (C=O) groups is 2. The van der Waals surface area contributed by atoms with Crippen LogP contribution in [0.5, 0.6) is 0 Å². The number of hydrogen-bond donors (Lipinski definition) is 2. The van der Waals surface area contributed by atoms with E-state index in [1.54, 1.807) is 0 Å². The largest absolute Gasteiger partial charge is 0.459 e. The predicted octanol–water partition coefficient (Wildman–Crippen LogP) is 15.3. The van der Waals surface area contributed by atoms with Crippen LogP contribution in [0.15, 0.2) is 60.7 Å². The minimum absolute atomic E-state index is 0.102. The molecule has 8 saturated carbocycles. The molecule has 0 bridgehead atoms. The molecule has 10 heteroatoms. The van der Waals surface area contributed by atoms with E-state index < -0.39 is 5.79 Å². The van der Waals surface area contributed by atoms with Gasteiger partial charge in [-0.1, -0.05) is 106 Å². The Morgan fingerprint density at radius 2 is 0.976 bits per heavy atom. The molecule has 0 amide bonds. The van der Waals surface area contributed by atoms with Crippen LogP contribution in [0, 0.1) is 105 Å². The first-order valence-electron chi connectivity index (χ1n) is 33.6. The van der Waals surface area contributed by atoms with Gasteiger partial charge in [0.1, 0.15) is 12.2 Å². The van der Waals surface area contributed by atoms with Gasteiger partial charge in [0.05, 0.1) is 49.8 Å². The molecule has 2 spiro atoms. The molecule has 0 aromatic heterocycles. The molecule has 2 aromatic carbocycles. The number of carbonyl (C=O) groups excluding carboxylic acids is 2. The molecule has 10 nitrogen and oxygen atoms in total.